The van der Waals surface area contributed by atoms with Crippen LogP contribution in [0, 0.1) is 5.92 Å². The van der Waals surface area contributed by atoms with Crippen molar-refractivity contribution in [1.82, 2.24) is 9.78 Å². The van der Waals surface area contributed by atoms with Crippen LogP contribution < -0.4 is 5.32 Å². The van der Waals surface area contributed by atoms with Gasteiger partial charge in [-0.25, -0.2) is 0 Å². The minimum Gasteiger partial charge on any atom is -0.383 e. The van der Waals surface area contributed by atoms with Crippen LogP contribution in [0.15, 0.2) is 12.4 Å². The van der Waals surface area contributed by atoms with Gasteiger partial charge in [0.15, 0.2) is 0 Å². The van der Waals surface area contributed by atoms with Gasteiger partial charge in [0.25, 0.3) is 0 Å². The Kier molecular flexibility index (Phi) is 7.22. The quantitative estimate of drug-likeness (QED) is 0.815. The first-order chi connectivity index (χ1) is 6.72. The summed E-state index contributed by atoms with van der Waals surface area (Å²) < 4.78 is 1.98. The number of hydrogen-bond acceptors (Lipinski definition) is 2. The molecule has 0 amide bonds. The molecular formula is C11H22ClN3. The van der Waals surface area contributed by atoms with E-state index < -0.39 is 0 Å². The average molecular weight is 232 g/mol. The van der Waals surface area contributed by atoms with Crippen molar-refractivity contribution in [3.05, 3.63) is 12.4 Å². The van der Waals surface area contributed by atoms with Crippen molar-refractivity contribution in [2.75, 3.05) is 11.9 Å². The monoisotopic (exact) mass is 231 g/mol. The molecule has 0 atom stereocenters. The average Bonchev–Trinajstić information content (AvgIpc) is 2.53. The molecule has 88 valence electrons. The summed E-state index contributed by atoms with van der Waals surface area (Å²) in [4.78, 5) is 0. The molecule has 0 spiro atoms. The number of nitrogens with zero attached hydrogens (tertiary/aromatic N) is 2. The molecule has 4 heteroatoms. The highest BCUT2D eigenvalue weighted by atomic mass is 35.5. The van der Waals surface area contributed by atoms with Gasteiger partial charge in [-0.15, -0.1) is 12.4 Å². The van der Waals surface area contributed by atoms with E-state index >= 15 is 0 Å². The number of aromatic nitrogens is 2. The highest BCUT2D eigenvalue weighted by Crippen LogP contribution is 2.06. The summed E-state index contributed by atoms with van der Waals surface area (Å²) in [5.74, 6) is 0.758. The number of anilines is 1. The topological polar surface area (TPSA) is 29.9 Å². The van der Waals surface area contributed by atoms with E-state index in [1.807, 2.05) is 10.9 Å². The van der Waals surface area contributed by atoms with E-state index in [2.05, 4.69) is 37.4 Å². The maximum Gasteiger partial charge on any atom is 0.0726 e. The summed E-state index contributed by atoms with van der Waals surface area (Å²) in [6.07, 6.45) is 6.31. The Bertz CT molecular complexity index is 258. The minimum absolute atomic E-state index is 0. The number of halogens is 1. The number of aryl methyl sites for hydroxylation is 1. The Morgan fingerprint density at radius 3 is 2.80 bits per heavy atom. The Labute approximate surface area is 98.7 Å². The molecule has 0 aliphatic heterocycles. The SMILES string of the molecule is CCCn1cc(NCCC(C)C)cn1.Cl. The fourth-order valence-corrected chi connectivity index (χ4v) is 1.31. The summed E-state index contributed by atoms with van der Waals surface area (Å²) >= 11 is 0. The predicted octanol–water partition coefficient (Wildman–Crippen LogP) is 3.17. The Morgan fingerprint density at radius 1 is 1.47 bits per heavy atom. The van der Waals surface area contributed by atoms with Crippen LogP contribution in [0.25, 0.3) is 0 Å². The first-order valence-electron chi connectivity index (χ1n) is 5.48. The van der Waals surface area contributed by atoms with Crippen LogP contribution in [0.1, 0.15) is 33.6 Å². The van der Waals surface area contributed by atoms with Gasteiger partial charge < -0.3 is 5.32 Å². The molecule has 1 aromatic rings. The second kappa shape index (κ2) is 7.57. The fraction of sp³-hybridized carbons (Fsp3) is 0.727. The molecule has 0 radical (unpaired) electrons. The predicted molar refractivity (Wildman–Crippen MR) is 67.7 cm³/mol. The second-order valence-electron chi connectivity index (χ2n) is 4.10. The highest BCUT2D eigenvalue weighted by molar-refractivity contribution is 5.85. The van der Waals surface area contributed by atoms with Gasteiger partial charge >= 0.3 is 0 Å². The molecule has 0 aromatic carbocycles. The third-order valence-corrected chi connectivity index (χ3v) is 2.14. The van der Waals surface area contributed by atoms with E-state index in [0.29, 0.717) is 0 Å². The van der Waals surface area contributed by atoms with E-state index in [4.69, 9.17) is 0 Å². The van der Waals surface area contributed by atoms with Crippen LogP contribution in [0.3, 0.4) is 0 Å². The molecule has 0 aliphatic rings. The molecule has 0 unspecified atom stereocenters. The van der Waals surface area contributed by atoms with Crippen molar-refractivity contribution >= 4 is 18.1 Å². The molecule has 0 saturated carbocycles. The van der Waals surface area contributed by atoms with E-state index in [1.54, 1.807) is 0 Å². The zero-order valence-corrected chi connectivity index (χ0v) is 10.7. The zero-order valence-electron chi connectivity index (χ0n) is 9.86. The van der Waals surface area contributed by atoms with Gasteiger partial charge in [0.1, 0.15) is 0 Å². The van der Waals surface area contributed by atoms with Gasteiger partial charge in [0.05, 0.1) is 11.9 Å². The zero-order chi connectivity index (χ0) is 10.4. The molecule has 1 aromatic heterocycles. The summed E-state index contributed by atoms with van der Waals surface area (Å²) in [6, 6.07) is 0. The van der Waals surface area contributed by atoms with Crippen molar-refractivity contribution in [2.45, 2.75) is 40.2 Å². The number of hydrogen-bond donors (Lipinski definition) is 1. The van der Waals surface area contributed by atoms with Gasteiger partial charge in [-0.3, -0.25) is 4.68 Å². The first-order valence-corrected chi connectivity index (χ1v) is 5.48. The van der Waals surface area contributed by atoms with Crippen molar-refractivity contribution in [1.29, 1.82) is 0 Å². The summed E-state index contributed by atoms with van der Waals surface area (Å²) in [6.45, 7) is 8.68. The third-order valence-electron chi connectivity index (χ3n) is 2.14. The lowest BCUT2D eigenvalue weighted by atomic mass is 10.1. The lowest BCUT2D eigenvalue weighted by molar-refractivity contribution is 0.601. The van der Waals surface area contributed by atoms with Gasteiger partial charge in [-0.05, 0) is 18.8 Å². The van der Waals surface area contributed by atoms with Crippen LogP contribution in [0.2, 0.25) is 0 Å². The van der Waals surface area contributed by atoms with Crippen LogP contribution in [-0.4, -0.2) is 16.3 Å². The third kappa shape index (κ3) is 5.67. The molecule has 15 heavy (non-hydrogen) atoms. The number of nitrogens with one attached hydrogen (secondary N) is 1. The molecule has 1 N–H and O–H groups in total. The van der Waals surface area contributed by atoms with E-state index in [9.17, 15) is 0 Å². The molecule has 0 aliphatic carbocycles. The molecule has 1 rings (SSSR count). The normalized spacial score (nSPS) is 10.1. The maximum absolute atomic E-state index is 4.26. The highest BCUT2D eigenvalue weighted by Gasteiger charge is 1.97. The minimum atomic E-state index is 0. The summed E-state index contributed by atoms with van der Waals surface area (Å²) in [5, 5.41) is 7.63. The Balaban J connectivity index is 0.00000196. The standard InChI is InChI=1S/C11H21N3.ClH/c1-4-7-14-9-11(8-13-14)12-6-5-10(2)3;/h8-10,12H,4-7H2,1-3H3;1H. The molecule has 0 fully saturated rings. The lowest BCUT2D eigenvalue weighted by Crippen LogP contribution is -2.04. The van der Waals surface area contributed by atoms with E-state index in [1.165, 1.54) is 6.42 Å². The van der Waals surface area contributed by atoms with Crippen LogP contribution in [-0.2, 0) is 6.54 Å². The molecular weight excluding hydrogens is 210 g/mol. The van der Waals surface area contributed by atoms with Crippen LogP contribution in [0.5, 0.6) is 0 Å². The molecule has 0 bridgehead atoms. The summed E-state index contributed by atoms with van der Waals surface area (Å²) in [5.41, 5.74) is 1.14. The largest absolute Gasteiger partial charge is 0.383 e. The van der Waals surface area contributed by atoms with Crippen LogP contribution >= 0.6 is 12.4 Å². The van der Waals surface area contributed by atoms with Gasteiger partial charge in [-0.2, -0.15) is 5.10 Å². The second-order valence-corrected chi connectivity index (χ2v) is 4.10. The van der Waals surface area contributed by atoms with Crippen molar-refractivity contribution in [3.63, 3.8) is 0 Å². The van der Waals surface area contributed by atoms with E-state index in [0.717, 1.165) is 31.1 Å². The Morgan fingerprint density at radius 2 is 2.20 bits per heavy atom. The van der Waals surface area contributed by atoms with E-state index in [-0.39, 0.29) is 12.4 Å². The fourth-order valence-electron chi connectivity index (χ4n) is 1.31. The molecule has 1 heterocycles. The number of rotatable bonds is 6. The first kappa shape index (κ1) is 14.3. The van der Waals surface area contributed by atoms with Gasteiger partial charge in [-0.1, -0.05) is 20.8 Å². The summed E-state index contributed by atoms with van der Waals surface area (Å²) in [7, 11) is 0. The van der Waals surface area contributed by atoms with Crippen molar-refractivity contribution in [3.8, 4) is 0 Å². The van der Waals surface area contributed by atoms with Crippen molar-refractivity contribution in [2.24, 2.45) is 5.92 Å². The Hall–Kier alpha value is -0.700. The van der Waals surface area contributed by atoms with Crippen molar-refractivity contribution < 1.29 is 0 Å². The maximum atomic E-state index is 4.26. The van der Waals surface area contributed by atoms with Crippen LogP contribution in [0.4, 0.5) is 5.69 Å². The smallest absolute Gasteiger partial charge is 0.0726 e. The van der Waals surface area contributed by atoms with Gasteiger partial charge in [0.2, 0.25) is 0 Å². The molecule has 3 nitrogen and oxygen atoms in total. The van der Waals surface area contributed by atoms with Gasteiger partial charge in [0, 0.05) is 19.3 Å². The molecule has 0 saturated heterocycles. The lowest BCUT2D eigenvalue weighted by Gasteiger charge is -2.05.